The number of hydrogen-bond acceptors (Lipinski definition) is 4. The molecule has 0 unspecified atom stereocenters. The molecule has 4 rings (SSSR count). The van der Waals surface area contributed by atoms with E-state index in [1.165, 1.54) is 23.9 Å². The van der Waals surface area contributed by atoms with Crippen molar-refractivity contribution in [2.24, 2.45) is 5.92 Å². The van der Waals surface area contributed by atoms with Gasteiger partial charge in [0.15, 0.2) is 0 Å². The number of carbonyl (C=O) groups is 2. The van der Waals surface area contributed by atoms with Crippen LogP contribution in [0, 0.1) is 11.7 Å². The molecule has 2 N–H and O–H groups in total. The second-order valence-electron chi connectivity index (χ2n) is 7.25. The largest absolute Gasteiger partial charge is 0.371 e. The molecule has 28 heavy (non-hydrogen) atoms. The van der Waals surface area contributed by atoms with Gasteiger partial charge in [-0.25, -0.2) is 4.39 Å². The van der Waals surface area contributed by atoms with E-state index in [1.54, 1.807) is 24.3 Å². The van der Waals surface area contributed by atoms with Crippen molar-refractivity contribution >= 4 is 35.0 Å². The molecule has 1 fully saturated rings. The van der Waals surface area contributed by atoms with Crippen molar-refractivity contribution in [1.82, 2.24) is 5.32 Å². The first kappa shape index (κ1) is 18.8. The molecule has 5 nitrogen and oxygen atoms in total. The number of amides is 2. The van der Waals surface area contributed by atoms with Crippen molar-refractivity contribution in [3.63, 3.8) is 0 Å². The molecule has 146 valence electrons. The SMILES string of the molecule is C[C@@H]1Sc2ccc(C(=O)NC[C@H]3CCN(c4ccc(F)cc4)C3)cc2NC1=O. The third-order valence-electron chi connectivity index (χ3n) is 5.20. The Bertz CT molecular complexity index is 903. The van der Waals surface area contributed by atoms with Crippen molar-refractivity contribution in [1.29, 1.82) is 0 Å². The van der Waals surface area contributed by atoms with Gasteiger partial charge in [-0.2, -0.15) is 0 Å². The van der Waals surface area contributed by atoms with Crippen LogP contribution in [0.4, 0.5) is 15.8 Å². The number of nitrogens with one attached hydrogen (secondary N) is 2. The van der Waals surface area contributed by atoms with Gasteiger partial charge in [0, 0.05) is 35.8 Å². The predicted molar refractivity (Wildman–Crippen MR) is 109 cm³/mol. The van der Waals surface area contributed by atoms with Gasteiger partial charge in [-0.1, -0.05) is 0 Å². The minimum atomic E-state index is -0.235. The molecule has 2 atom stereocenters. The van der Waals surface area contributed by atoms with Crippen LogP contribution >= 0.6 is 11.8 Å². The van der Waals surface area contributed by atoms with E-state index in [0.29, 0.717) is 23.7 Å². The summed E-state index contributed by atoms with van der Waals surface area (Å²) < 4.78 is 13.1. The number of thioether (sulfide) groups is 1. The molecule has 2 heterocycles. The molecule has 2 aliphatic rings. The number of nitrogens with zero attached hydrogens (tertiary/aromatic N) is 1. The zero-order valence-electron chi connectivity index (χ0n) is 15.6. The summed E-state index contributed by atoms with van der Waals surface area (Å²) >= 11 is 1.50. The molecule has 2 aromatic rings. The Morgan fingerprint density at radius 1 is 1.29 bits per heavy atom. The summed E-state index contributed by atoms with van der Waals surface area (Å²) in [5.74, 6) is -0.0635. The fraction of sp³-hybridized carbons (Fsp3) is 0.333. The Labute approximate surface area is 167 Å². The van der Waals surface area contributed by atoms with Crippen molar-refractivity contribution in [2.45, 2.75) is 23.5 Å². The minimum absolute atomic E-state index is 0.0399. The van der Waals surface area contributed by atoms with Crippen LogP contribution in [0.1, 0.15) is 23.7 Å². The molecule has 0 bridgehead atoms. The molecule has 0 aromatic heterocycles. The minimum Gasteiger partial charge on any atom is -0.371 e. The number of hydrogen-bond donors (Lipinski definition) is 2. The van der Waals surface area contributed by atoms with Gasteiger partial charge in [-0.15, -0.1) is 11.8 Å². The van der Waals surface area contributed by atoms with Crippen molar-refractivity contribution in [3.05, 3.63) is 53.8 Å². The van der Waals surface area contributed by atoms with Crippen LogP contribution in [-0.4, -0.2) is 36.7 Å². The zero-order valence-corrected chi connectivity index (χ0v) is 16.4. The topological polar surface area (TPSA) is 61.4 Å². The fourth-order valence-electron chi connectivity index (χ4n) is 3.57. The van der Waals surface area contributed by atoms with Gasteiger partial charge < -0.3 is 15.5 Å². The van der Waals surface area contributed by atoms with Crippen LogP contribution in [0.5, 0.6) is 0 Å². The van der Waals surface area contributed by atoms with Crippen molar-refractivity contribution in [2.75, 3.05) is 29.9 Å². The molecular weight excluding hydrogens is 377 g/mol. The van der Waals surface area contributed by atoms with E-state index >= 15 is 0 Å². The summed E-state index contributed by atoms with van der Waals surface area (Å²) in [6.07, 6.45) is 0.979. The lowest BCUT2D eigenvalue weighted by atomic mass is 10.1. The second-order valence-corrected chi connectivity index (χ2v) is 8.63. The second kappa shape index (κ2) is 7.83. The van der Waals surface area contributed by atoms with Gasteiger partial charge in [0.05, 0.1) is 10.9 Å². The average molecular weight is 399 g/mol. The van der Waals surface area contributed by atoms with E-state index in [2.05, 4.69) is 15.5 Å². The molecule has 2 amide bonds. The zero-order chi connectivity index (χ0) is 19.7. The maximum atomic E-state index is 13.1. The van der Waals surface area contributed by atoms with Gasteiger partial charge in [-0.05, 0) is 61.7 Å². The molecule has 2 aromatic carbocycles. The van der Waals surface area contributed by atoms with Crippen LogP contribution < -0.4 is 15.5 Å². The maximum Gasteiger partial charge on any atom is 0.251 e. The Hall–Kier alpha value is -2.54. The van der Waals surface area contributed by atoms with Crippen LogP contribution in [0.3, 0.4) is 0 Å². The summed E-state index contributed by atoms with van der Waals surface area (Å²) in [5, 5.41) is 5.73. The third kappa shape index (κ3) is 3.99. The van der Waals surface area contributed by atoms with Gasteiger partial charge in [0.2, 0.25) is 5.91 Å². The Morgan fingerprint density at radius 2 is 2.07 bits per heavy atom. The van der Waals surface area contributed by atoms with Crippen LogP contribution in [-0.2, 0) is 4.79 Å². The monoisotopic (exact) mass is 399 g/mol. The van der Waals surface area contributed by atoms with Crippen LogP contribution in [0.25, 0.3) is 0 Å². The third-order valence-corrected chi connectivity index (χ3v) is 6.38. The highest BCUT2D eigenvalue weighted by Crippen LogP contribution is 2.36. The summed E-state index contributed by atoms with van der Waals surface area (Å²) in [5.41, 5.74) is 2.25. The lowest BCUT2D eigenvalue weighted by Gasteiger charge is -2.22. The number of rotatable bonds is 4. The highest BCUT2D eigenvalue weighted by atomic mass is 32.2. The molecule has 2 aliphatic heterocycles. The average Bonchev–Trinajstić information content (AvgIpc) is 3.16. The highest BCUT2D eigenvalue weighted by molar-refractivity contribution is 8.00. The first-order valence-electron chi connectivity index (χ1n) is 9.40. The van der Waals surface area contributed by atoms with E-state index in [1.807, 2.05) is 13.0 Å². The van der Waals surface area contributed by atoms with E-state index in [4.69, 9.17) is 0 Å². The first-order chi connectivity index (χ1) is 13.5. The van der Waals surface area contributed by atoms with Gasteiger partial charge >= 0.3 is 0 Å². The first-order valence-corrected chi connectivity index (χ1v) is 10.3. The maximum absolute atomic E-state index is 13.1. The number of fused-ring (bicyclic) bond motifs is 1. The summed E-state index contributed by atoms with van der Waals surface area (Å²) in [7, 11) is 0. The molecule has 0 saturated carbocycles. The van der Waals surface area contributed by atoms with Gasteiger partial charge in [0.1, 0.15) is 5.82 Å². The standard InChI is InChI=1S/C21H22FN3O2S/c1-13-20(26)24-18-10-15(2-7-19(18)28-13)21(27)23-11-14-8-9-25(12-14)17-5-3-16(22)4-6-17/h2-7,10,13-14H,8-9,11-12H2,1H3,(H,23,27)(H,24,26)/t13-,14+/m0/s1. The Morgan fingerprint density at radius 3 is 2.86 bits per heavy atom. The molecule has 0 spiro atoms. The van der Waals surface area contributed by atoms with Crippen molar-refractivity contribution in [3.8, 4) is 0 Å². The summed E-state index contributed by atoms with van der Waals surface area (Å²) in [6, 6.07) is 11.9. The van der Waals surface area contributed by atoms with Gasteiger partial charge in [0.25, 0.3) is 5.91 Å². The number of benzene rings is 2. The molecule has 0 radical (unpaired) electrons. The lowest BCUT2D eigenvalue weighted by molar-refractivity contribution is -0.115. The number of carbonyl (C=O) groups excluding carboxylic acids is 2. The molecule has 0 aliphatic carbocycles. The summed E-state index contributed by atoms with van der Waals surface area (Å²) in [4.78, 5) is 27.6. The van der Waals surface area contributed by atoms with Gasteiger partial charge in [-0.3, -0.25) is 9.59 Å². The molecule has 1 saturated heterocycles. The van der Waals surface area contributed by atoms with Crippen LogP contribution in [0.2, 0.25) is 0 Å². The number of anilines is 2. The molecule has 7 heteroatoms. The Kier molecular flexibility index (Phi) is 5.26. The fourth-order valence-corrected chi connectivity index (χ4v) is 4.51. The quantitative estimate of drug-likeness (QED) is 0.826. The van der Waals surface area contributed by atoms with E-state index < -0.39 is 0 Å². The predicted octanol–water partition coefficient (Wildman–Crippen LogP) is 3.51. The molecular formula is C21H22FN3O2S. The van der Waals surface area contributed by atoms with Crippen molar-refractivity contribution < 1.29 is 14.0 Å². The highest BCUT2D eigenvalue weighted by Gasteiger charge is 2.25. The normalized spacial score (nSPS) is 21.2. The lowest BCUT2D eigenvalue weighted by Crippen LogP contribution is -2.31. The smallest absolute Gasteiger partial charge is 0.251 e. The van der Waals surface area contributed by atoms with E-state index in [0.717, 1.165) is 30.1 Å². The Balaban J connectivity index is 1.33. The van der Waals surface area contributed by atoms with Crippen LogP contribution in [0.15, 0.2) is 47.4 Å². The van der Waals surface area contributed by atoms with E-state index in [-0.39, 0.29) is 22.9 Å². The summed E-state index contributed by atoms with van der Waals surface area (Å²) in [6.45, 7) is 4.18. The van der Waals surface area contributed by atoms with E-state index in [9.17, 15) is 14.0 Å². The number of halogens is 1.